The normalized spacial score (nSPS) is 16.6. The highest BCUT2D eigenvalue weighted by atomic mass is 35.5. The summed E-state index contributed by atoms with van der Waals surface area (Å²) in [7, 11) is 0. The number of halogens is 2. The average molecular weight is 551 g/mol. The molecule has 0 radical (unpaired) electrons. The van der Waals surface area contributed by atoms with E-state index in [0.29, 0.717) is 38.8 Å². The van der Waals surface area contributed by atoms with Crippen LogP contribution in [0.15, 0.2) is 77.3 Å². The van der Waals surface area contributed by atoms with Crippen molar-refractivity contribution in [2.45, 2.75) is 38.4 Å². The van der Waals surface area contributed by atoms with Crippen LogP contribution in [0.3, 0.4) is 0 Å². The minimum absolute atomic E-state index is 0.119. The molecule has 8 heteroatoms. The van der Waals surface area contributed by atoms with Gasteiger partial charge in [0.15, 0.2) is 0 Å². The number of aryl methyl sites for hydroxylation is 1. The number of hydrogen-bond acceptors (Lipinski definition) is 4. The number of amides is 2. The van der Waals surface area contributed by atoms with Gasteiger partial charge in [0.25, 0.3) is 5.91 Å². The van der Waals surface area contributed by atoms with E-state index in [0.717, 1.165) is 16.7 Å². The summed E-state index contributed by atoms with van der Waals surface area (Å²) in [6, 6.07) is 22.2. The molecule has 1 saturated heterocycles. The van der Waals surface area contributed by atoms with Gasteiger partial charge in [-0.05, 0) is 66.3 Å². The Morgan fingerprint density at radius 2 is 1.78 bits per heavy atom. The van der Waals surface area contributed by atoms with E-state index in [1.807, 2.05) is 61.5 Å². The molecule has 3 aromatic carbocycles. The highest BCUT2D eigenvalue weighted by molar-refractivity contribution is 8.05. The lowest BCUT2D eigenvalue weighted by Crippen LogP contribution is -2.31. The van der Waals surface area contributed by atoms with Crippen molar-refractivity contribution in [2.75, 3.05) is 10.2 Å². The molecule has 3 aromatic rings. The molecule has 37 heavy (non-hydrogen) atoms. The fourth-order valence-electron chi connectivity index (χ4n) is 4.01. The molecule has 0 aliphatic carbocycles. The summed E-state index contributed by atoms with van der Waals surface area (Å²) >= 11 is 13.5. The van der Waals surface area contributed by atoms with Crippen molar-refractivity contribution in [1.29, 1.82) is 5.26 Å². The van der Waals surface area contributed by atoms with E-state index >= 15 is 0 Å². The van der Waals surface area contributed by atoms with Crippen molar-refractivity contribution in [2.24, 2.45) is 0 Å². The standard InChI is InChI=1S/C29H25Cl2N3O2S/c1-17(2)20-9-11-21(12-10-20)34-28(36)26(15-19-8-13-23(30)24(31)14-19)37-29(34)22(16-32)27(35)33-25-7-5-4-6-18(25)3/h4-14,17,26H,15H2,1-3H3,(H,33,35)/b29-22-. The number of nitrogens with zero attached hydrogens (tertiary/aromatic N) is 2. The lowest BCUT2D eigenvalue weighted by molar-refractivity contribution is -0.117. The predicted octanol–water partition coefficient (Wildman–Crippen LogP) is 7.49. The largest absolute Gasteiger partial charge is 0.321 e. The Labute approximate surface area is 231 Å². The van der Waals surface area contributed by atoms with Gasteiger partial charge in [0.1, 0.15) is 16.7 Å². The van der Waals surface area contributed by atoms with Crippen LogP contribution < -0.4 is 10.2 Å². The first kappa shape index (κ1) is 26.8. The van der Waals surface area contributed by atoms with Gasteiger partial charge in [-0.15, -0.1) is 0 Å². The molecule has 1 atom stereocenters. The summed E-state index contributed by atoms with van der Waals surface area (Å²) in [6.45, 7) is 6.06. The van der Waals surface area contributed by atoms with Gasteiger partial charge in [0.05, 0.1) is 15.3 Å². The van der Waals surface area contributed by atoms with Crippen LogP contribution in [0.5, 0.6) is 0 Å². The maximum Gasteiger partial charge on any atom is 0.269 e. The highest BCUT2D eigenvalue weighted by Gasteiger charge is 2.41. The fourth-order valence-corrected chi connectivity index (χ4v) is 5.64. The second-order valence-corrected chi connectivity index (χ2v) is 11.0. The van der Waals surface area contributed by atoms with Gasteiger partial charge < -0.3 is 5.32 Å². The molecular formula is C29H25Cl2N3O2S. The number of para-hydroxylation sites is 1. The number of thioether (sulfide) groups is 1. The Bertz CT molecular complexity index is 1430. The van der Waals surface area contributed by atoms with Crippen molar-refractivity contribution in [1.82, 2.24) is 0 Å². The number of rotatable bonds is 6. The van der Waals surface area contributed by atoms with Crippen LogP contribution in [0, 0.1) is 18.3 Å². The zero-order valence-corrected chi connectivity index (χ0v) is 22.9. The molecule has 1 N–H and O–H groups in total. The molecule has 2 amide bonds. The van der Waals surface area contributed by atoms with Crippen LogP contribution in [-0.2, 0) is 16.0 Å². The molecule has 0 spiro atoms. The molecule has 0 aromatic heterocycles. The SMILES string of the molecule is Cc1ccccc1NC(=O)/C(C#N)=C1\SC(Cc2ccc(Cl)c(Cl)c2)C(=O)N1c1ccc(C(C)C)cc1. The van der Waals surface area contributed by atoms with E-state index in [9.17, 15) is 14.9 Å². The Balaban J connectivity index is 1.74. The summed E-state index contributed by atoms with van der Waals surface area (Å²) in [6.07, 6.45) is 0.364. The van der Waals surface area contributed by atoms with Gasteiger partial charge in [0.2, 0.25) is 5.91 Å². The van der Waals surface area contributed by atoms with E-state index in [2.05, 4.69) is 19.2 Å². The van der Waals surface area contributed by atoms with Gasteiger partial charge in [0, 0.05) is 11.4 Å². The minimum atomic E-state index is -0.564. The Morgan fingerprint density at radius 1 is 1.08 bits per heavy atom. The number of hydrogen-bond donors (Lipinski definition) is 1. The second-order valence-electron chi connectivity index (χ2n) is 9.04. The van der Waals surface area contributed by atoms with E-state index in [4.69, 9.17) is 23.2 Å². The van der Waals surface area contributed by atoms with Crippen molar-refractivity contribution >= 4 is 58.2 Å². The molecule has 0 saturated carbocycles. The van der Waals surface area contributed by atoms with E-state index in [-0.39, 0.29) is 11.5 Å². The van der Waals surface area contributed by atoms with Crippen molar-refractivity contribution in [3.8, 4) is 6.07 Å². The fraction of sp³-hybridized carbons (Fsp3) is 0.207. The molecule has 0 bridgehead atoms. The number of anilines is 2. The maximum atomic E-state index is 13.7. The number of nitriles is 1. The van der Waals surface area contributed by atoms with Gasteiger partial charge in [-0.3, -0.25) is 14.5 Å². The zero-order chi connectivity index (χ0) is 26.7. The number of benzene rings is 3. The minimum Gasteiger partial charge on any atom is -0.321 e. The first-order chi connectivity index (χ1) is 17.7. The number of carbonyl (C=O) groups is 2. The summed E-state index contributed by atoms with van der Waals surface area (Å²) in [5, 5.41) is 13.5. The van der Waals surface area contributed by atoms with E-state index in [1.165, 1.54) is 16.7 Å². The molecular weight excluding hydrogens is 525 g/mol. The second kappa shape index (κ2) is 11.4. The molecule has 4 rings (SSSR count). The first-order valence-corrected chi connectivity index (χ1v) is 13.4. The molecule has 1 aliphatic rings. The average Bonchev–Trinajstić information content (AvgIpc) is 3.18. The van der Waals surface area contributed by atoms with Crippen molar-refractivity contribution in [3.05, 3.63) is 104 Å². The van der Waals surface area contributed by atoms with Crippen molar-refractivity contribution < 1.29 is 9.59 Å². The Hall–Kier alpha value is -3.24. The van der Waals surface area contributed by atoms with Gasteiger partial charge in [-0.1, -0.05) is 85.2 Å². The first-order valence-electron chi connectivity index (χ1n) is 11.8. The lowest BCUT2D eigenvalue weighted by atomic mass is 10.0. The number of carbonyl (C=O) groups excluding carboxylic acids is 2. The molecule has 5 nitrogen and oxygen atoms in total. The predicted molar refractivity (Wildman–Crippen MR) is 152 cm³/mol. The smallest absolute Gasteiger partial charge is 0.269 e. The summed E-state index contributed by atoms with van der Waals surface area (Å²) < 4.78 is 0. The van der Waals surface area contributed by atoms with Crippen LogP contribution in [0.25, 0.3) is 0 Å². The van der Waals surface area contributed by atoms with Gasteiger partial charge in [-0.25, -0.2) is 0 Å². The molecule has 1 fully saturated rings. The van der Waals surface area contributed by atoms with Gasteiger partial charge in [-0.2, -0.15) is 5.26 Å². The molecule has 1 aliphatic heterocycles. The van der Waals surface area contributed by atoms with Crippen LogP contribution in [-0.4, -0.2) is 17.1 Å². The van der Waals surface area contributed by atoms with Crippen molar-refractivity contribution in [3.63, 3.8) is 0 Å². The number of nitrogens with one attached hydrogen (secondary N) is 1. The van der Waals surface area contributed by atoms with E-state index in [1.54, 1.807) is 18.2 Å². The summed E-state index contributed by atoms with van der Waals surface area (Å²) in [5.41, 5.74) is 3.91. The molecule has 188 valence electrons. The lowest BCUT2D eigenvalue weighted by Gasteiger charge is -2.19. The Kier molecular flexibility index (Phi) is 8.29. The third kappa shape index (κ3) is 5.86. The quantitative estimate of drug-likeness (QED) is 0.255. The Morgan fingerprint density at radius 3 is 2.41 bits per heavy atom. The van der Waals surface area contributed by atoms with Crippen LogP contribution in [0.1, 0.15) is 36.5 Å². The third-order valence-corrected chi connectivity index (χ3v) is 8.12. The maximum absolute atomic E-state index is 13.7. The molecule has 1 unspecified atom stereocenters. The van der Waals surface area contributed by atoms with Crippen LogP contribution in [0.4, 0.5) is 11.4 Å². The van der Waals surface area contributed by atoms with Crippen LogP contribution >= 0.6 is 35.0 Å². The molecule has 1 heterocycles. The summed E-state index contributed by atoms with van der Waals surface area (Å²) in [4.78, 5) is 28.5. The monoisotopic (exact) mass is 549 g/mol. The van der Waals surface area contributed by atoms with E-state index < -0.39 is 11.2 Å². The topological polar surface area (TPSA) is 73.2 Å². The third-order valence-electron chi connectivity index (χ3n) is 6.12. The summed E-state index contributed by atoms with van der Waals surface area (Å²) in [5.74, 6) is -0.449. The zero-order valence-electron chi connectivity index (χ0n) is 20.6. The van der Waals surface area contributed by atoms with Gasteiger partial charge >= 0.3 is 0 Å². The van der Waals surface area contributed by atoms with Crippen LogP contribution in [0.2, 0.25) is 10.0 Å². The highest BCUT2D eigenvalue weighted by Crippen LogP contribution is 2.42.